The summed E-state index contributed by atoms with van der Waals surface area (Å²) in [6.07, 6.45) is 4.50. The summed E-state index contributed by atoms with van der Waals surface area (Å²) in [5, 5.41) is 0. The van der Waals surface area contributed by atoms with Crippen LogP contribution in [0, 0.1) is 11.2 Å². The van der Waals surface area contributed by atoms with Crippen molar-refractivity contribution in [3.8, 4) is 5.75 Å². The standard InChI is InChI=1S/C14H21FN2O/c1-14(8-3-4-9-14)13(17-16)10-6-5-7-11(18-2)12(10)15/h5-7,13,17H,3-4,8-9,16H2,1-2H3. The van der Waals surface area contributed by atoms with Crippen LogP contribution in [-0.2, 0) is 0 Å². The maximum atomic E-state index is 14.3. The topological polar surface area (TPSA) is 47.3 Å². The Kier molecular flexibility index (Phi) is 3.88. The first kappa shape index (κ1) is 13.3. The molecule has 0 aliphatic heterocycles. The van der Waals surface area contributed by atoms with E-state index in [0.29, 0.717) is 5.56 Å². The number of benzene rings is 1. The van der Waals surface area contributed by atoms with Crippen LogP contribution in [0.4, 0.5) is 4.39 Å². The Morgan fingerprint density at radius 3 is 2.61 bits per heavy atom. The molecule has 0 amide bonds. The monoisotopic (exact) mass is 252 g/mol. The quantitative estimate of drug-likeness (QED) is 0.640. The van der Waals surface area contributed by atoms with Gasteiger partial charge in [-0.05, 0) is 24.3 Å². The summed E-state index contributed by atoms with van der Waals surface area (Å²) < 4.78 is 19.3. The van der Waals surface area contributed by atoms with Crippen molar-refractivity contribution in [3.05, 3.63) is 29.6 Å². The Balaban J connectivity index is 2.38. The molecule has 2 rings (SSSR count). The molecule has 1 saturated carbocycles. The molecule has 3 N–H and O–H groups in total. The Morgan fingerprint density at radius 1 is 1.39 bits per heavy atom. The van der Waals surface area contributed by atoms with Crippen LogP contribution in [-0.4, -0.2) is 7.11 Å². The molecule has 3 nitrogen and oxygen atoms in total. The average Bonchev–Trinajstić information content (AvgIpc) is 2.80. The summed E-state index contributed by atoms with van der Waals surface area (Å²) in [4.78, 5) is 0. The van der Waals surface area contributed by atoms with Crippen LogP contribution in [0.2, 0.25) is 0 Å². The molecule has 0 radical (unpaired) electrons. The van der Waals surface area contributed by atoms with Gasteiger partial charge in [-0.2, -0.15) is 0 Å². The van der Waals surface area contributed by atoms with E-state index in [0.717, 1.165) is 12.8 Å². The molecule has 0 spiro atoms. The fourth-order valence-electron chi connectivity index (χ4n) is 3.05. The predicted molar refractivity (Wildman–Crippen MR) is 69.6 cm³/mol. The number of ether oxygens (including phenoxy) is 1. The molecule has 0 aromatic heterocycles. The minimum absolute atomic E-state index is 0.0158. The Hall–Kier alpha value is -1.13. The van der Waals surface area contributed by atoms with Gasteiger partial charge in [0.05, 0.1) is 13.2 Å². The van der Waals surface area contributed by atoms with Crippen molar-refractivity contribution in [2.45, 2.75) is 38.6 Å². The van der Waals surface area contributed by atoms with E-state index in [4.69, 9.17) is 10.6 Å². The number of hydrogen-bond acceptors (Lipinski definition) is 3. The maximum Gasteiger partial charge on any atom is 0.169 e. The van der Waals surface area contributed by atoms with E-state index in [1.54, 1.807) is 18.2 Å². The van der Waals surface area contributed by atoms with Gasteiger partial charge in [0.2, 0.25) is 0 Å². The van der Waals surface area contributed by atoms with Gasteiger partial charge in [0.25, 0.3) is 0 Å². The van der Waals surface area contributed by atoms with Crippen molar-refractivity contribution in [2.24, 2.45) is 11.3 Å². The zero-order valence-corrected chi connectivity index (χ0v) is 11.0. The molecule has 100 valence electrons. The first-order chi connectivity index (χ1) is 8.62. The van der Waals surface area contributed by atoms with Crippen LogP contribution >= 0.6 is 0 Å². The predicted octanol–water partition coefficient (Wildman–Crippen LogP) is 2.92. The van der Waals surface area contributed by atoms with Gasteiger partial charge in [-0.1, -0.05) is 31.9 Å². The van der Waals surface area contributed by atoms with Gasteiger partial charge < -0.3 is 4.74 Å². The molecular weight excluding hydrogens is 231 g/mol. The highest BCUT2D eigenvalue weighted by Gasteiger charge is 2.38. The van der Waals surface area contributed by atoms with E-state index >= 15 is 0 Å². The van der Waals surface area contributed by atoms with Crippen molar-refractivity contribution < 1.29 is 9.13 Å². The first-order valence-corrected chi connectivity index (χ1v) is 6.41. The normalized spacial score (nSPS) is 19.8. The van der Waals surface area contributed by atoms with Gasteiger partial charge in [0.15, 0.2) is 11.6 Å². The van der Waals surface area contributed by atoms with Gasteiger partial charge in [-0.3, -0.25) is 11.3 Å². The Bertz CT molecular complexity index is 416. The molecule has 0 saturated heterocycles. The van der Waals surface area contributed by atoms with Gasteiger partial charge in [0, 0.05) is 5.56 Å². The largest absolute Gasteiger partial charge is 0.494 e. The third-order valence-corrected chi connectivity index (χ3v) is 4.13. The van der Waals surface area contributed by atoms with E-state index in [1.165, 1.54) is 20.0 Å². The number of methoxy groups -OCH3 is 1. The summed E-state index contributed by atoms with van der Waals surface area (Å²) in [6, 6.07) is 5.05. The van der Waals surface area contributed by atoms with Crippen molar-refractivity contribution in [1.29, 1.82) is 0 Å². The van der Waals surface area contributed by atoms with E-state index in [9.17, 15) is 4.39 Å². The smallest absolute Gasteiger partial charge is 0.169 e. The molecule has 18 heavy (non-hydrogen) atoms. The van der Waals surface area contributed by atoms with Crippen LogP contribution in [0.25, 0.3) is 0 Å². The lowest BCUT2D eigenvalue weighted by Crippen LogP contribution is -2.39. The number of rotatable bonds is 4. The molecule has 1 aromatic rings. The summed E-state index contributed by atoms with van der Waals surface area (Å²) in [5.41, 5.74) is 3.41. The fourth-order valence-corrected chi connectivity index (χ4v) is 3.05. The SMILES string of the molecule is COc1cccc(C(NN)C2(C)CCCC2)c1F. The highest BCUT2D eigenvalue weighted by molar-refractivity contribution is 5.34. The van der Waals surface area contributed by atoms with Gasteiger partial charge >= 0.3 is 0 Å². The molecule has 1 aromatic carbocycles. The van der Waals surface area contributed by atoms with Crippen molar-refractivity contribution >= 4 is 0 Å². The number of halogens is 1. The second kappa shape index (κ2) is 5.24. The molecule has 0 heterocycles. The summed E-state index contributed by atoms with van der Waals surface area (Å²) >= 11 is 0. The average molecular weight is 252 g/mol. The van der Waals surface area contributed by atoms with Gasteiger partial charge in [0.1, 0.15) is 0 Å². The number of nitrogens with one attached hydrogen (secondary N) is 1. The Labute approximate surface area is 107 Å². The highest BCUT2D eigenvalue weighted by atomic mass is 19.1. The first-order valence-electron chi connectivity index (χ1n) is 6.41. The molecule has 1 fully saturated rings. The van der Waals surface area contributed by atoms with Crippen molar-refractivity contribution in [1.82, 2.24) is 5.43 Å². The minimum atomic E-state index is -0.309. The minimum Gasteiger partial charge on any atom is -0.494 e. The lowest BCUT2D eigenvalue weighted by Gasteiger charge is -2.34. The van der Waals surface area contributed by atoms with Gasteiger partial charge in [-0.15, -0.1) is 0 Å². The third-order valence-electron chi connectivity index (χ3n) is 4.13. The van der Waals surface area contributed by atoms with E-state index in [1.807, 2.05) is 0 Å². The molecule has 1 atom stereocenters. The van der Waals surface area contributed by atoms with E-state index in [2.05, 4.69) is 12.3 Å². The summed E-state index contributed by atoms with van der Waals surface area (Å²) in [7, 11) is 1.48. The molecule has 1 unspecified atom stereocenters. The van der Waals surface area contributed by atoms with Crippen molar-refractivity contribution in [3.63, 3.8) is 0 Å². The second-order valence-corrected chi connectivity index (χ2v) is 5.32. The zero-order valence-electron chi connectivity index (χ0n) is 11.0. The van der Waals surface area contributed by atoms with Gasteiger partial charge in [-0.25, -0.2) is 4.39 Å². The lowest BCUT2D eigenvalue weighted by atomic mass is 9.77. The van der Waals surface area contributed by atoms with Crippen LogP contribution in [0.3, 0.4) is 0 Å². The number of hydrogen-bond donors (Lipinski definition) is 2. The zero-order chi connectivity index (χ0) is 13.2. The molecule has 1 aliphatic carbocycles. The lowest BCUT2D eigenvalue weighted by molar-refractivity contribution is 0.218. The highest BCUT2D eigenvalue weighted by Crippen LogP contribution is 2.47. The summed E-state index contributed by atoms with van der Waals surface area (Å²) in [5.74, 6) is 5.64. The Morgan fingerprint density at radius 2 is 2.06 bits per heavy atom. The molecular formula is C14H21FN2O. The van der Waals surface area contributed by atoms with Crippen molar-refractivity contribution in [2.75, 3.05) is 7.11 Å². The molecule has 4 heteroatoms. The second-order valence-electron chi connectivity index (χ2n) is 5.32. The van der Waals surface area contributed by atoms with Crippen LogP contribution in [0.5, 0.6) is 5.75 Å². The van der Waals surface area contributed by atoms with Crippen LogP contribution < -0.4 is 16.0 Å². The maximum absolute atomic E-state index is 14.3. The molecule has 0 bridgehead atoms. The van der Waals surface area contributed by atoms with E-state index < -0.39 is 0 Å². The van der Waals surface area contributed by atoms with Crippen LogP contribution in [0.15, 0.2) is 18.2 Å². The van der Waals surface area contributed by atoms with E-state index in [-0.39, 0.29) is 23.0 Å². The summed E-state index contributed by atoms with van der Waals surface area (Å²) in [6.45, 7) is 2.17. The number of nitrogens with two attached hydrogens (primary N) is 1. The third kappa shape index (κ3) is 2.22. The van der Waals surface area contributed by atoms with Crippen LogP contribution in [0.1, 0.15) is 44.2 Å². The fraction of sp³-hybridized carbons (Fsp3) is 0.571. The molecule has 1 aliphatic rings. The number of hydrazine groups is 1.